The number of hydrogen-bond donors (Lipinski definition) is 3. The van der Waals surface area contributed by atoms with Crippen LogP contribution >= 0.6 is 0 Å². The topological polar surface area (TPSA) is 73.8 Å². The summed E-state index contributed by atoms with van der Waals surface area (Å²) in [7, 11) is 0. The zero-order valence-electron chi connectivity index (χ0n) is 15.4. The second-order valence-electron chi connectivity index (χ2n) is 6.51. The van der Waals surface area contributed by atoms with Crippen molar-refractivity contribution in [3.05, 3.63) is 41.9 Å². The molecule has 25 heavy (non-hydrogen) atoms. The molecule has 1 aromatic rings. The summed E-state index contributed by atoms with van der Waals surface area (Å²) >= 11 is 0. The van der Waals surface area contributed by atoms with Gasteiger partial charge >= 0.3 is 0 Å². The normalized spacial score (nSPS) is 14.6. The van der Waals surface area contributed by atoms with E-state index in [9.17, 15) is 10.2 Å². The van der Waals surface area contributed by atoms with Gasteiger partial charge in [0.1, 0.15) is 11.5 Å². The van der Waals surface area contributed by atoms with Crippen molar-refractivity contribution in [2.45, 2.75) is 76.9 Å². The van der Waals surface area contributed by atoms with Gasteiger partial charge in [0.05, 0.1) is 12.2 Å². The molecule has 0 aromatic carbocycles. The van der Waals surface area contributed by atoms with Crippen LogP contribution in [0.3, 0.4) is 0 Å². The number of aliphatic hydroxyl groups excluding tert-OH is 3. The van der Waals surface area contributed by atoms with Crippen LogP contribution in [0.25, 0.3) is 6.08 Å². The molecule has 0 aliphatic heterocycles. The molecule has 142 valence electrons. The minimum Gasteiger partial charge on any atom is -0.462 e. The van der Waals surface area contributed by atoms with Gasteiger partial charge in [0, 0.05) is 13.0 Å². The molecule has 3 N–H and O–H groups in total. The number of allylic oxidation sites excluding steroid dienone is 1. The first kappa shape index (κ1) is 21.7. The van der Waals surface area contributed by atoms with E-state index in [1.54, 1.807) is 12.2 Å². The molecule has 0 radical (unpaired) electrons. The second-order valence-corrected chi connectivity index (χ2v) is 6.51. The molecule has 0 fully saturated rings. The van der Waals surface area contributed by atoms with Crippen molar-refractivity contribution in [2.75, 3.05) is 6.61 Å². The Kier molecular flexibility index (Phi) is 12.0. The molecule has 2 unspecified atom stereocenters. The molecule has 4 nitrogen and oxygen atoms in total. The van der Waals surface area contributed by atoms with E-state index in [1.807, 2.05) is 18.2 Å². The van der Waals surface area contributed by atoms with Crippen LogP contribution in [-0.2, 0) is 6.42 Å². The molecule has 0 bridgehead atoms. The fraction of sp³-hybridized carbons (Fsp3) is 0.619. The van der Waals surface area contributed by atoms with Crippen molar-refractivity contribution in [2.24, 2.45) is 0 Å². The maximum Gasteiger partial charge on any atom is 0.126 e. The Morgan fingerprint density at radius 2 is 1.92 bits per heavy atom. The molecule has 0 saturated heterocycles. The highest BCUT2D eigenvalue weighted by molar-refractivity contribution is 5.43. The maximum absolute atomic E-state index is 9.95. The zero-order valence-corrected chi connectivity index (χ0v) is 15.4. The van der Waals surface area contributed by atoms with Crippen molar-refractivity contribution in [3.63, 3.8) is 0 Å². The Hall–Kier alpha value is -1.36. The third kappa shape index (κ3) is 11.0. The summed E-state index contributed by atoms with van der Waals surface area (Å²) in [6.45, 7) is 2.36. The molecule has 4 heteroatoms. The third-order valence-corrected chi connectivity index (χ3v) is 4.07. The molecule has 2 atom stereocenters. The number of aliphatic hydroxyl groups is 3. The lowest BCUT2D eigenvalue weighted by Crippen LogP contribution is -2.09. The molecule has 0 aliphatic carbocycles. The lowest BCUT2D eigenvalue weighted by atomic mass is 10.1. The summed E-state index contributed by atoms with van der Waals surface area (Å²) < 4.78 is 5.66. The van der Waals surface area contributed by atoms with Crippen LogP contribution in [-0.4, -0.2) is 34.1 Å². The Bertz CT molecular complexity index is 490. The van der Waals surface area contributed by atoms with Crippen molar-refractivity contribution < 1.29 is 19.7 Å². The van der Waals surface area contributed by atoms with E-state index in [4.69, 9.17) is 9.52 Å². The molecular weight excluding hydrogens is 316 g/mol. The van der Waals surface area contributed by atoms with Gasteiger partial charge in [-0.1, -0.05) is 38.0 Å². The Morgan fingerprint density at radius 3 is 2.68 bits per heavy atom. The monoisotopic (exact) mass is 350 g/mol. The molecule has 0 spiro atoms. The molecule has 1 rings (SSSR count). The van der Waals surface area contributed by atoms with E-state index in [0.29, 0.717) is 31.4 Å². The Morgan fingerprint density at radius 1 is 1.08 bits per heavy atom. The predicted octanol–water partition coefficient (Wildman–Crippen LogP) is 4.25. The van der Waals surface area contributed by atoms with E-state index in [-0.39, 0.29) is 6.61 Å². The summed E-state index contributed by atoms with van der Waals surface area (Å²) in [6, 6.07) is 3.70. The SMILES string of the molecule is CCCCC/C=C\CC(O)/C=C/c1ccc(CC(O)CCCCO)o1. The smallest absolute Gasteiger partial charge is 0.126 e. The third-order valence-electron chi connectivity index (χ3n) is 4.07. The standard InChI is InChI=1S/C21H34O4/c1-2-3-4-5-6-7-10-18(23)12-13-20-14-15-21(25-20)17-19(24)11-8-9-16-22/h6-7,12-15,18-19,22-24H,2-5,8-11,16-17H2,1H3/b7-6-,13-12+. The highest BCUT2D eigenvalue weighted by Crippen LogP contribution is 2.14. The maximum atomic E-state index is 9.95. The van der Waals surface area contributed by atoms with Crippen LogP contribution in [0.2, 0.25) is 0 Å². The van der Waals surface area contributed by atoms with Gasteiger partial charge in [-0.3, -0.25) is 0 Å². The first-order valence-corrected chi connectivity index (χ1v) is 9.54. The van der Waals surface area contributed by atoms with Gasteiger partial charge < -0.3 is 19.7 Å². The second kappa shape index (κ2) is 13.9. The summed E-state index contributed by atoms with van der Waals surface area (Å²) in [5, 5.41) is 28.6. The minimum atomic E-state index is -0.514. The van der Waals surface area contributed by atoms with E-state index < -0.39 is 12.2 Å². The van der Waals surface area contributed by atoms with Crippen LogP contribution in [0.5, 0.6) is 0 Å². The number of hydrogen-bond acceptors (Lipinski definition) is 4. The molecule has 0 aliphatic rings. The summed E-state index contributed by atoms with van der Waals surface area (Å²) in [6.07, 6.45) is 14.7. The van der Waals surface area contributed by atoms with Gasteiger partial charge in [-0.25, -0.2) is 0 Å². The molecular formula is C21H34O4. The first-order valence-electron chi connectivity index (χ1n) is 9.54. The highest BCUT2D eigenvalue weighted by Gasteiger charge is 2.08. The molecule has 1 heterocycles. The average Bonchev–Trinajstić information content (AvgIpc) is 3.03. The number of furan rings is 1. The van der Waals surface area contributed by atoms with Crippen molar-refractivity contribution in [3.8, 4) is 0 Å². The highest BCUT2D eigenvalue weighted by atomic mass is 16.3. The lowest BCUT2D eigenvalue weighted by Gasteiger charge is -2.07. The first-order chi connectivity index (χ1) is 12.2. The van der Waals surface area contributed by atoms with Crippen LogP contribution in [0.15, 0.2) is 34.8 Å². The summed E-state index contributed by atoms with van der Waals surface area (Å²) in [5.74, 6) is 1.42. The largest absolute Gasteiger partial charge is 0.462 e. The average molecular weight is 350 g/mol. The molecule has 1 aromatic heterocycles. The van der Waals surface area contributed by atoms with Gasteiger partial charge in [-0.2, -0.15) is 0 Å². The van der Waals surface area contributed by atoms with E-state index in [2.05, 4.69) is 13.0 Å². The fourth-order valence-corrected chi connectivity index (χ4v) is 2.57. The number of rotatable bonds is 14. The van der Waals surface area contributed by atoms with Gasteiger partial charge in [0.15, 0.2) is 0 Å². The Labute approximate surface area is 151 Å². The quantitative estimate of drug-likeness (QED) is 0.346. The van der Waals surface area contributed by atoms with Crippen LogP contribution in [0.4, 0.5) is 0 Å². The van der Waals surface area contributed by atoms with Crippen molar-refractivity contribution >= 4 is 6.08 Å². The molecule has 0 amide bonds. The summed E-state index contributed by atoms with van der Waals surface area (Å²) in [4.78, 5) is 0. The van der Waals surface area contributed by atoms with E-state index in [1.165, 1.54) is 19.3 Å². The summed E-state index contributed by atoms with van der Waals surface area (Å²) in [5.41, 5.74) is 0. The lowest BCUT2D eigenvalue weighted by molar-refractivity contribution is 0.150. The van der Waals surface area contributed by atoms with Crippen LogP contribution < -0.4 is 0 Å². The zero-order chi connectivity index (χ0) is 18.3. The van der Waals surface area contributed by atoms with E-state index >= 15 is 0 Å². The van der Waals surface area contributed by atoms with E-state index in [0.717, 1.165) is 18.6 Å². The predicted molar refractivity (Wildman–Crippen MR) is 102 cm³/mol. The van der Waals surface area contributed by atoms with Crippen molar-refractivity contribution in [1.29, 1.82) is 0 Å². The Balaban J connectivity index is 2.29. The van der Waals surface area contributed by atoms with Gasteiger partial charge in [-0.05, 0) is 56.7 Å². The van der Waals surface area contributed by atoms with Crippen LogP contribution in [0.1, 0.15) is 69.8 Å². The van der Waals surface area contributed by atoms with Crippen LogP contribution in [0, 0.1) is 0 Å². The molecule has 0 saturated carbocycles. The fourth-order valence-electron chi connectivity index (χ4n) is 2.57. The van der Waals surface area contributed by atoms with Gasteiger partial charge in [0.25, 0.3) is 0 Å². The minimum absolute atomic E-state index is 0.165. The van der Waals surface area contributed by atoms with Gasteiger partial charge in [-0.15, -0.1) is 0 Å². The van der Waals surface area contributed by atoms with Crippen molar-refractivity contribution in [1.82, 2.24) is 0 Å². The van der Waals surface area contributed by atoms with Gasteiger partial charge in [0.2, 0.25) is 0 Å². The number of unbranched alkanes of at least 4 members (excludes halogenated alkanes) is 4.